The predicted octanol–water partition coefficient (Wildman–Crippen LogP) is 1.37. The number of nitrogen functional groups attached to an aromatic ring is 1. The van der Waals surface area contributed by atoms with E-state index in [0.29, 0.717) is 11.6 Å². The molecule has 0 saturated carbocycles. The van der Waals surface area contributed by atoms with E-state index < -0.39 is 5.79 Å². The van der Waals surface area contributed by atoms with Gasteiger partial charge in [-0.1, -0.05) is 12.1 Å². The molecule has 0 aliphatic carbocycles. The van der Waals surface area contributed by atoms with Gasteiger partial charge < -0.3 is 11.1 Å². The van der Waals surface area contributed by atoms with Gasteiger partial charge in [0.25, 0.3) is 0 Å². The molecule has 7 nitrogen and oxygen atoms in total. The Balaban J connectivity index is 1.70. The number of aromatic nitrogens is 2. The zero-order valence-electron chi connectivity index (χ0n) is 14.2. The highest BCUT2D eigenvalue weighted by molar-refractivity contribution is 5.94. The molecule has 1 aromatic carbocycles. The summed E-state index contributed by atoms with van der Waals surface area (Å²) in [6.07, 6.45) is 2.70. The third-order valence-corrected chi connectivity index (χ3v) is 5.25. The van der Waals surface area contributed by atoms with Gasteiger partial charge in [0.05, 0.1) is 5.56 Å². The number of aromatic amines is 1. The second kappa shape index (κ2) is 4.81. The number of likely N-dealkylation sites (N-methyl/N-ethyl adjacent to an activating group) is 1. The number of anilines is 2. The van der Waals surface area contributed by atoms with Crippen LogP contribution in [0.25, 0.3) is 0 Å². The van der Waals surface area contributed by atoms with Gasteiger partial charge in [-0.05, 0) is 44.5 Å². The monoisotopic (exact) mass is 325 g/mol. The highest BCUT2D eigenvalue weighted by Crippen LogP contribution is 2.34. The summed E-state index contributed by atoms with van der Waals surface area (Å²) in [5, 5.41) is 10.1. The zero-order chi connectivity index (χ0) is 17.1. The van der Waals surface area contributed by atoms with Crippen molar-refractivity contribution in [1.82, 2.24) is 15.1 Å². The third kappa shape index (κ3) is 2.20. The van der Waals surface area contributed by atoms with Crippen molar-refractivity contribution < 1.29 is 0 Å². The van der Waals surface area contributed by atoms with Crippen molar-refractivity contribution in [2.45, 2.75) is 38.1 Å². The maximum Gasteiger partial charge on any atom is 0.210 e. The SMILES string of the molecule is CN1Cc2cc(C3(N)N=Cc4c(n[nH]c4N)N3)ccc2CC1(C)C. The van der Waals surface area contributed by atoms with Gasteiger partial charge in [-0.25, -0.2) is 4.99 Å². The number of hydrogen-bond donors (Lipinski definition) is 4. The summed E-state index contributed by atoms with van der Waals surface area (Å²) < 4.78 is 0. The second-order valence-corrected chi connectivity index (χ2v) is 7.38. The van der Waals surface area contributed by atoms with E-state index in [-0.39, 0.29) is 5.54 Å². The summed E-state index contributed by atoms with van der Waals surface area (Å²) in [4.78, 5) is 6.86. The van der Waals surface area contributed by atoms with Gasteiger partial charge in [0.1, 0.15) is 5.82 Å². The fraction of sp³-hybridized carbons (Fsp3) is 0.412. The zero-order valence-corrected chi connectivity index (χ0v) is 14.2. The fourth-order valence-electron chi connectivity index (χ4n) is 3.37. The van der Waals surface area contributed by atoms with E-state index in [0.717, 1.165) is 24.1 Å². The number of benzene rings is 1. The first-order valence-electron chi connectivity index (χ1n) is 8.08. The number of nitrogens with zero attached hydrogens (tertiary/aromatic N) is 3. The van der Waals surface area contributed by atoms with Gasteiger partial charge in [-0.2, -0.15) is 5.10 Å². The van der Waals surface area contributed by atoms with Gasteiger partial charge >= 0.3 is 0 Å². The molecule has 1 atom stereocenters. The molecule has 2 aliphatic rings. The molecule has 4 rings (SSSR count). The standard InChI is InChI=1S/C17H23N7/c1-16(2)7-10-4-5-12(6-11(10)9-24(16)3)17(19)20-8-13-14(18)22-23-15(13)21-17/h4-6,8H,7,9,19H2,1-3H3,(H4,18,21,22,23). The van der Waals surface area contributed by atoms with Crippen LogP contribution in [-0.4, -0.2) is 33.9 Å². The lowest BCUT2D eigenvalue weighted by molar-refractivity contribution is 0.133. The first-order chi connectivity index (χ1) is 11.3. The molecule has 1 aromatic heterocycles. The molecule has 2 aliphatic heterocycles. The van der Waals surface area contributed by atoms with Crippen molar-refractivity contribution in [3.05, 3.63) is 40.5 Å². The molecule has 24 heavy (non-hydrogen) atoms. The van der Waals surface area contributed by atoms with Crippen molar-refractivity contribution in [3.8, 4) is 0 Å². The van der Waals surface area contributed by atoms with Crippen LogP contribution in [0, 0.1) is 0 Å². The highest BCUT2D eigenvalue weighted by Gasteiger charge is 2.34. The number of nitrogens with one attached hydrogen (secondary N) is 2. The van der Waals surface area contributed by atoms with Crippen LogP contribution in [-0.2, 0) is 18.8 Å². The molecule has 6 N–H and O–H groups in total. The van der Waals surface area contributed by atoms with Gasteiger partial charge in [0, 0.05) is 23.9 Å². The average molecular weight is 325 g/mol. The maximum atomic E-state index is 6.51. The third-order valence-electron chi connectivity index (χ3n) is 5.25. The predicted molar refractivity (Wildman–Crippen MR) is 95.8 cm³/mol. The minimum absolute atomic E-state index is 0.164. The normalized spacial score (nSPS) is 25.0. The number of nitrogens with two attached hydrogens (primary N) is 2. The van der Waals surface area contributed by atoms with Crippen molar-refractivity contribution >= 4 is 17.9 Å². The highest BCUT2D eigenvalue weighted by atomic mass is 15.3. The molecule has 0 radical (unpaired) electrons. The van der Waals surface area contributed by atoms with E-state index >= 15 is 0 Å². The molecule has 0 amide bonds. The van der Waals surface area contributed by atoms with Gasteiger partial charge in [-0.15, -0.1) is 0 Å². The molecule has 0 fully saturated rings. The number of H-pyrrole nitrogens is 1. The molecule has 0 spiro atoms. The Labute approximate surface area is 141 Å². The number of fused-ring (bicyclic) bond motifs is 2. The van der Waals surface area contributed by atoms with E-state index in [4.69, 9.17) is 11.5 Å². The van der Waals surface area contributed by atoms with Crippen LogP contribution < -0.4 is 16.8 Å². The fourth-order valence-corrected chi connectivity index (χ4v) is 3.37. The molecule has 0 bridgehead atoms. The van der Waals surface area contributed by atoms with Crippen LogP contribution in [0.2, 0.25) is 0 Å². The molecule has 3 heterocycles. The number of hydrogen-bond acceptors (Lipinski definition) is 6. The van der Waals surface area contributed by atoms with Crippen LogP contribution in [0.1, 0.15) is 36.1 Å². The minimum atomic E-state index is -1.03. The molecule has 126 valence electrons. The largest absolute Gasteiger partial charge is 0.383 e. The van der Waals surface area contributed by atoms with Gasteiger partial charge in [-0.3, -0.25) is 15.7 Å². The Morgan fingerprint density at radius 1 is 1.25 bits per heavy atom. The smallest absolute Gasteiger partial charge is 0.210 e. The van der Waals surface area contributed by atoms with Crippen LogP contribution in [0.15, 0.2) is 23.2 Å². The van der Waals surface area contributed by atoms with E-state index in [1.54, 1.807) is 6.21 Å². The van der Waals surface area contributed by atoms with Crippen LogP contribution in [0.3, 0.4) is 0 Å². The molecular weight excluding hydrogens is 302 g/mol. The van der Waals surface area contributed by atoms with Crippen LogP contribution >= 0.6 is 0 Å². The summed E-state index contributed by atoms with van der Waals surface area (Å²) in [5.74, 6) is 0.0772. The molecule has 2 aromatic rings. The van der Waals surface area contributed by atoms with E-state index in [9.17, 15) is 0 Å². The van der Waals surface area contributed by atoms with Gasteiger partial charge in [0.2, 0.25) is 5.79 Å². The summed E-state index contributed by atoms with van der Waals surface area (Å²) in [5.41, 5.74) is 16.8. The Morgan fingerprint density at radius 3 is 2.83 bits per heavy atom. The minimum Gasteiger partial charge on any atom is -0.383 e. The second-order valence-electron chi connectivity index (χ2n) is 7.38. The summed E-state index contributed by atoms with van der Waals surface area (Å²) in [6.45, 7) is 5.44. The first-order valence-corrected chi connectivity index (χ1v) is 8.08. The average Bonchev–Trinajstić information content (AvgIpc) is 2.88. The molecule has 0 saturated heterocycles. The lowest BCUT2D eigenvalue weighted by atomic mass is 9.85. The quantitative estimate of drug-likeness (QED) is 0.633. The van der Waals surface area contributed by atoms with E-state index in [1.807, 2.05) is 6.07 Å². The van der Waals surface area contributed by atoms with Gasteiger partial charge in [0.15, 0.2) is 5.82 Å². The summed E-state index contributed by atoms with van der Waals surface area (Å²) in [7, 11) is 2.16. The Hall–Kier alpha value is -2.38. The number of rotatable bonds is 1. The Bertz CT molecular complexity index is 835. The van der Waals surface area contributed by atoms with Crippen LogP contribution in [0.5, 0.6) is 0 Å². The maximum absolute atomic E-state index is 6.51. The lowest BCUT2D eigenvalue weighted by Gasteiger charge is -2.41. The van der Waals surface area contributed by atoms with E-state index in [1.165, 1.54) is 11.1 Å². The van der Waals surface area contributed by atoms with Crippen molar-refractivity contribution in [3.63, 3.8) is 0 Å². The molecule has 7 heteroatoms. The molecule has 1 unspecified atom stereocenters. The van der Waals surface area contributed by atoms with Crippen molar-refractivity contribution in [2.75, 3.05) is 18.1 Å². The summed E-state index contributed by atoms with van der Waals surface area (Å²) >= 11 is 0. The van der Waals surface area contributed by atoms with E-state index in [2.05, 4.69) is 58.4 Å². The van der Waals surface area contributed by atoms with Crippen LogP contribution in [0.4, 0.5) is 11.6 Å². The lowest BCUT2D eigenvalue weighted by Crippen LogP contribution is -2.47. The Kier molecular flexibility index (Phi) is 3.04. The van der Waals surface area contributed by atoms with Crippen molar-refractivity contribution in [1.29, 1.82) is 0 Å². The van der Waals surface area contributed by atoms with Crippen molar-refractivity contribution in [2.24, 2.45) is 10.7 Å². The topological polar surface area (TPSA) is 108 Å². The summed E-state index contributed by atoms with van der Waals surface area (Å²) in [6, 6.07) is 6.36. The molecular formula is C17H23N7. The number of aliphatic imine (C=N–C) groups is 1. The first kappa shape index (κ1) is 15.2. The Morgan fingerprint density at radius 2 is 2.04 bits per heavy atom.